The summed E-state index contributed by atoms with van der Waals surface area (Å²) in [6.07, 6.45) is 0. The molecule has 286 valence electrons. The SMILES string of the molecule is Cc1cc(C)cc(-c2c(-c3ccc(N4CN(c5ccccc5)C(C)(C)C4(C)C)cc3)cccc2-c2ccc(N3CN(c4ccccc4)C(C)(C)C3(C)C)cc2)c1. The molecule has 2 aliphatic rings. The fraction of sp³-hybridized carbons (Fsp3) is 0.308. The number of hydrogen-bond donors (Lipinski definition) is 0. The largest absolute Gasteiger partial charge is 0.346 e. The zero-order valence-electron chi connectivity index (χ0n) is 35.1. The fourth-order valence-corrected chi connectivity index (χ4v) is 9.25. The van der Waals surface area contributed by atoms with Gasteiger partial charge in [0.1, 0.15) is 0 Å². The molecule has 2 saturated heterocycles. The number of rotatable bonds is 7. The molecule has 0 bridgehead atoms. The topological polar surface area (TPSA) is 13.0 Å². The first kappa shape index (κ1) is 37.4. The molecule has 0 radical (unpaired) electrons. The molecule has 2 fully saturated rings. The standard InChI is InChI=1S/C52H58N4/c1-37-32-38(2)34-41(33-37)48-46(39-24-28-44(29-25-39)55-35-53(42-18-13-11-14-19-42)49(3,4)51(55,7)8)22-17-23-47(48)40-26-30-45(31-27-40)56-36-54(43-20-15-12-16-21-43)50(5,6)52(56,9)10/h11-34H,35-36H2,1-10H3. The van der Waals surface area contributed by atoms with E-state index >= 15 is 0 Å². The maximum absolute atomic E-state index is 2.56. The Morgan fingerprint density at radius 1 is 0.339 bits per heavy atom. The molecule has 2 heterocycles. The van der Waals surface area contributed by atoms with Crippen LogP contribution in [0, 0.1) is 13.8 Å². The van der Waals surface area contributed by atoms with E-state index in [0.29, 0.717) is 0 Å². The molecule has 0 aliphatic carbocycles. The van der Waals surface area contributed by atoms with E-state index < -0.39 is 0 Å². The zero-order valence-corrected chi connectivity index (χ0v) is 35.1. The Hall–Kier alpha value is -5.48. The first-order valence-corrected chi connectivity index (χ1v) is 20.2. The lowest BCUT2D eigenvalue weighted by Gasteiger charge is -2.43. The molecule has 0 saturated carbocycles. The minimum atomic E-state index is -0.0967. The van der Waals surface area contributed by atoms with Gasteiger partial charge in [-0.05, 0) is 151 Å². The second kappa shape index (κ2) is 13.6. The minimum absolute atomic E-state index is 0.0743. The molecule has 4 nitrogen and oxygen atoms in total. The van der Waals surface area contributed by atoms with Gasteiger partial charge in [-0.1, -0.05) is 108 Å². The van der Waals surface area contributed by atoms with Crippen LogP contribution in [0.4, 0.5) is 22.7 Å². The highest BCUT2D eigenvalue weighted by molar-refractivity contribution is 5.95. The number of para-hydroxylation sites is 2. The predicted molar refractivity (Wildman–Crippen MR) is 241 cm³/mol. The van der Waals surface area contributed by atoms with Crippen molar-refractivity contribution in [2.24, 2.45) is 0 Å². The van der Waals surface area contributed by atoms with Gasteiger partial charge in [-0.3, -0.25) is 0 Å². The van der Waals surface area contributed by atoms with Gasteiger partial charge < -0.3 is 19.6 Å². The summed E-state index contributed by atoms with van der Waals surface area (Å²) in [4.78, 5) is 10.2. The molecular weight excluding hydrogens is 681 g/mol. The van der Waals surface area contributed by atoms with Crippen LogP contribution in [0.3, 0.4) is 0 Å². The molecule has 2 aliphatic heterocycles. The lowest BCUT2D eigenvalue weighted by atomic mass is 9.81. The van der Waals surface area contributed by atoms with E-state index in [1.807, 2.05) is 0 Å². The molecule has 4 heteroatoms. The van der Waals surface area contributed by atoms with Crippen LogP contribution in [0.2, 0.25) is 0 Å². The average Bonchev–Trinajstić information content (AvgIpc) is 3.49. The van der Waals surface area contributed by atoms with Crippen molar-refractivity contribution in [3.05, 3.63) is 157 Å². The Morgan fingerprint density at radius 2 is 0.661 bits per heavy atom. The van der Waals surface area contributed by atoms with Crippen LogP contribution < -0.4 is 19.6 Å². The van der Waals surface area contributed by atoms with Crippen molar-refractivity contribution in [2.45, 2.75) is 91.4 Å². The van der Waals surface area contributed by atoms with E-state index in [4.69, 9.17) is 0 Å². The van der Waals surface area contributed by atoms with Crippen LogP contribution in [-0.2, 0) is 0 Å². The molecule has 0 atom stereocenters. The van der Waals surface area contributed by atoms with Gasteiger partial charge in [0.2, 0.25) is 0 Å². The molecular formula is C52H58N4. The quantitative estimate of drug-likeness (QED) is 0.162. The summed E-state index contributed by atoms with van der Waals surface area (Å²) < 4.78 is 0. The van der Waals surface area contributed by atoms with Crippen LogP contribution in [0.15, 0.2) is 146 Å². The van der Waals surface area contributed by atoms with Gasteiger partial charge in [0.25, 0.3) is 0 Å². The summed E-state index contributed by atoms with van der Waals surface area (Å²) in [5.74, 6) is 0. The Kier molecular flexibility index (Phi) is 9.11. The van der Waals surface area contributed by atoms with Crippen molar-refractivity contribution in [1.29, 1.82) is 0 Å². The summed E-state index contributed by atoms with van der Waals surface area (Å²) in [7, 11) is 0. The highest BCUT2D eigenvalue weighted by Gasteiger charge is 2.53. The third-order valence-corrected chi connectivity index (χ3v) is 13.9. The van der Waals surface area contributed by atoms with Crippen LogP contribution >= 0.6 is 0 Å². The van der Waals surface area contributed by atoms with Crippen molar-refractivity contribution >= 4 is 22.7 Å². The van der Waals surface area contributed by atoms with E-state index in [2.05, 4.69) is 234 Å². The van der Waals surface area contributed by atoms with Crippen molar-refractivity contribution in [3.8, 4) is 33.4 Å². The van der Waals surface area contributed by atoms with Crippen molar-refractivity contribution < 1.29 is 0 Å². The summed E-state index contributed by atoms with van der Waals surface area (Å²) in [5.41, 5.74) is 14.7. The van der Waals surface area contributed by atoms with E-state index in [1.165, 1.54) is 67.3 Å². The highest BCUT2D eigenvalue weighted by Crippen LogP contribution is 2.48. The third kappa shape index (κ3) is 6.05. The van der Waals surface area contributed by atoms with Crippen molar-refractivity contribution in [3.63, 3.8) is 0 Å². The summed E-state index contributed by atoms with van der Waals surface area (Å²) >= 11 is 0. The summed E-state index contributed by atoms with van der Waals surface area (Å²) in [5, 5.41) is 0. The Bertz CT molecular complexity index is 2180. The van der Waals surface area contributed by atoms with Crippen LogP contribution in [-0.4, -0.2) is 35.5 Å². The third-order valence-electron chi connectivity index (χ3n) is 13.9. The van der Waals surface area contributed by atoms with E-state index in [0.717, 1.165) is 13.3 Å². The van der Waals surface area contributed by atoms with Crippen LogP contribution in [0.1, 0.15) is 66.5 Å². The zero-order chi connectivity index (χ0) is 39.6. The smallest absolute Gasteiger partial charge is 0.0915 e. The lowest BCUT2D eigenvalue weighted by molar-refractivity contribution is 0.345. The van der Waals surface area contributed by atoms with E-state index in [-0.39, 0.29) is 22.2 Å². The molecule has 0 amide bonds. The molecule has 6 aromatic rings. The molecule has 8 rings (SSSR count). The molecule has 0 spiro atoms. The first-order valence-electron chi connectivity index (χ1n) is 20.2. The van der Waals surface area contributed by atoms with Gasteiger partial charge in [-0.25, -0.2) is 0 Å². The summed E-state index contributed by atoms with van der Waals surface area (Å²) in [6, 6.07) is 54.1. The van der Waals surface area contributed by atoms with Gasteiger partial charge in [-0.15, -0.1) is 0 Å². The summed E-state index contributed by atoms with van der Waals surface area (Å²) in [6.45, 7) is 25.1. The van der Waals surface area contributed by atoms with E-state index in [1.54, 1.807) is 0 Å². The molecule has 0 aromatic heterocycles. The number of benzene rings is 6. The second-order valence-electron chi connectivity index (χ2n) is 18.1. The monoisotopic (exact) mass is 738 g/mol. The Labute approximate surface area is 336 Å². The van der Waals surface area contributed by atoms with Gasteiger partial charge in [-0.2, -0.15) is 0 Å². The normalized spacial score (nSPS) is 18.1. The Balaban J connectivity index is 1.16. The minimum Gasteiger partial charge on any atom is -0.346 e. The average molecular weight is 739 g/mol. The molecule has 0 N–H and O–H groups in total. The molecule has 0 unspecified atom stereocenters. The predicted octanol–water partition coefficient (Wildman–Crippen LogP) is 13.0. The number of hydrogen-bond acceptors (Lipinski definition) is 4. The van der Waals surface area contributed by atoms with Crippen molar-refractivity contribution in [1.82, 2.24) is 0 Å². The first-order chi connectivity index (χ1) is 26.6. The van der Waals surface area contributed by atoms with Gasteiger partial charge in [0.05, 0.1) is 35.5 Å². The van der Waals surface area contributed by atoms with E-state index in [9.17, 15) is 0 Å². The van der Waals surface area contributed by atoms with Crippen LogP contribution in [0.5, 0.6) is 0 Å². The van der Waals surface area contributed by atoms with Gasteiger partial charge in [0, 0.05) is 22.7 Å². The lowest BCUT2D eigenvalue weighted by Crippen LogP contribution is -2.54. The second-order valence-corrected chi connectivity index (χ2v) is 18.1. The van der Waals surface area contributed by atoms with Gasteiger partial charge in [0.15, 0.2) is 0 Å². The number of aryl methyl sites for hydroxylation is 2. The number of nitrogens with zero attached hydrogens (tertiary/aromatic N) is 4. The maximum atomic E-state index is 2.56. The molecule has 6 aromatic carbocycles. The fourth-order valence-electron chi connectivity index (χ4n) is 9.25. The maximum Gasteiger partial charge on any atom is 0.0915 e. The highest BCUT2D eigenvalue weighted by atomic mass is 15.5. The van der Waals surface area contributed by atoms with Crippen LogP contribution in [0.25, 0.3) is 33.4 Å². The Morgan fingerprint density at radius 3 is 1.00 bits per heavy atom. The van der Waals surface area contributed by atoms with Crippen molar-refractivity contribution in [2.75, 3.05) is 32.9 Å². The van der Waals surface area contributed by atoms with Gasteiger partial charge >= 0.3 is 0 Å². The number of anilines is 4. The molecule has 56 heavy (non-hydrogen) atoms.